The average molecular weight is 308 g/mol. The molecule has 0 unspecified atom stereocenters. The summed E-state index contributed by atoms with van der Waals surface area (Å²) in [4.78, 5) is 38.0. The van der Waals surface area contributed by atoms with Crippen LogP contribution in [0.4, 0.5) is 0 Å². The molecule has 5 nitrogen and oxygen atoms in total. The lowest BCUT2D eigenvalue weighted by molar-refractivity contribution is -0.120. The van der Waals surface area contributed by atoms with Gasteiger partial charge in [-0.2, -0.15) is 0 Å². The first-order valence-electron chi connectivity index (χ1n) is 7.39. The Bertz CT molecular complexity index is 775. The van der Waals surface area contributed by atoms with Gasteiger partial charge in [0.05, 0.1) is 0 Å². The second kappa shape index (κ2) is 6.04. The molecule has 23 heavy (non-hydrogen) atoms. The molecule has 2 aromatic carbocycles. The van der Waals surface area contributed by atoms with Crippen molar-refractivity contribution < 1.29 is 14.4 Å². The highest BCUT2D eigenvalue weighted by Gasteiger charge is 2.32. The van der Waals surface area contributed by atoms with E-state index in [1.165, 1.54) is 0 Å². The summed E-state index contributed by atoms with van der Waals surface area (Å²) in [6.07, 6.45) is 1.65. The second-order valence-electron chi connectivity index (χ2n) is 5.31. The van der Waals surface area contributed by atoms with Crippen molar-refractivity contribution in [2.75, 3.05) is 13.1 Å². The predicted molar refractivity (Wildman–Crippen MR) is 87.1 cm³/mol. The number of hydrogen-bond donors (Lipinski definition) is 1. The lowest BCUT2D eigenvalue weighted by atomic mass is 9.94. The Labute approximate surface area is 133 Å². The summed E-state index contributed by atoms with van der Waals surface area (Å²) in [6, 6.07) is 10.8. The molecule has 3 amide bonds. The van der Waals surface area contributed by atoms with Crippen LogP contribution < -0.4 is 5.32 Å². The van der Waals surface area contributed by atoms with Crippen LogP contribution in [0.2, 0.25) is 0 Å². The van der Waals surface area contributed by atoms with E-state index < -0.39 is 0 Å². The smallest absolute Gasteiger partial charge is 0.261 e. The Morgan fingerprint density at radius 2 is 1.70 bits per heavy atom. The zero-order chi connectivity index (χ0) is 16.4. The third-order valence-corrected chi connectivity index (χ3v) is 3.86. The quantitative estimate of drug-likeness (QED) is 0.679. The molecule has 1 aliphatic rings. The van der Waals surface area contributed by atoms with E-state index in [-0.39, 0.29) is 30.7 Å². The fourth-order valence-electron chi connectivity index (χ4n) is 2.77. The van der Waals surface area contributed by atoms with Gasteiger partial charge in [0.1, 0.15) is 0 Å². The van der Waals surface area contributed by atoms with Crippen LogP contribution in [0.25, 0.3) is 10.8 Å². The van der Waals surface area contributed by atoms with Gasteiger partial charge in [0.25, 0.3) is 11.8 Å². The number of amides is 3. The van der Waals surface area contributed by atoms with Crippen molar-refractivity contribution in [2.24, 2.45) is 0 Å². The van der Waals surface area contributed by atoms with E-state index >= 15 is 0 Å². The first-order valence-corrected chi connectivity index (χ1v) is 7.39. The minimum absolute atomic E-state index is 0.0609. The minimum Gasteiger partial charge on any atom is -0.353 e. The summed E-state index contributed by atoms with van der Waals surface area (Å²) >= 11 is 0. The Hall–Kier alpha value is -2.95. The maximum absolute atomic E-state index is 12.6. The molecule has 5 heteroatoms. The minimum atomic E-state index is -0.351. The van der Waals surface area contributed by atoms with Crippen LogP contribution in [-0.4, -0.2) is 35.7 Å². The van der Waals surface area contributed by atoms with Crippen LogP contribution in [0.5, 0.6) is 0 Å². The number of carbonyl (C=O) groups excluding carboxylic acids is 3. The van der Waals surface area contributed by atoms with Crippen molar-refractivity contribution in [1.82, 2.24) is 10.2 Å². The Balaban J connectivity index is 1.88. The molecule has 1 heterocycles. The third kappa shape index (κ3) is 2.61. The van der Waals surface area contributed by atoms with Crippen LogP contribution in [-0.2, 0) is 4.79 Å². The van der Waals surface area contributed by atoms with Crippen molar-refractivity contribution in [3.63, 3.8) is 0 Å². The van der Waals surface area contributed by atoms with Crippen molar-refractivity contribution >= 4 is 28.5 Å². The van der Waals surface area contributed by atoms with Gasteiger partial charge in [-0.1, -0.05) is 30.3 Å². The number of imide groups is 1. The van der Waals surface area contributed by atoms with Crippen LogP contribution in [0.3, 0.4) is 0 Å². The lowest BCUT2D eigenvalue weighted by Gasteiger charge is -2.26. The Kier molecular flexibility index (Phi) is 3.93. The lowest BCUT2D eigenvalue weighted by Crippen LogP contribution is -2.42. The van der Waals surface area contributed by atoms with Gasteiger partial charge in [-0.25, -0.2) is 0 Å². The number of nitrogens with one attached hydrogen (secondary N) is 1. The highest BCUT2D eigenvalue weighted by Crippen LogP contribution is 2.29. The number of nitrogens with zero attached hydrogens (tertiary/aromatic N) is 1. The van der Waals surface area contributed by atoms with Gasteiger partial charge >= 0.3 is 0 Å². The molecule has 0 saturated heterocycles. The molecule has 1 N–H and O–H groups in total. The van der Waals surface area contributed by atoms with E-state index in [4.69, 9.17) is 0 Å². The maximum atomic E-state index is 12.6. The SMILES string of the molecule is C=CCNC(=O)CCN1C(=O)c2cccc3cccc(c23)C1=O. The van der Waals surface area contributed by atoms with Gasteiger partial charge in [-0.05, 0) is 17.5 Å². The van der Waals surface area contributed by atoms with Gasteiger partial charge in [-0.15, -0.1) is 6.58 Å². The molecule has 0 aliphatic carbocycles. The molecular formula is C18H16N2O3. The monoisotopic (exact) mass is 308 g/mol. The molecule has 116 valence electrons. The van der Waals surface area contributed by atoms with E-state index in [0.717, 1.165) is 10.3 Å². The zero-order valence-electron chi connectivity index (χ0n) is 12.5. The van der Waals surface area contributed by atoms with Crippen LogP contribution in [0.15, 0.2) is 49.1 Å². The molecule has 0 spiro atoms. The molecule has 1 aliphatic heterocycles. The molecule has 0 fully saturated rings. The van der Waals surface area contributed by atoms with Gasteiger partial charge in [0, 0.05) is 36.0 Å². The first kappa shape index (κ1) is 15.0. The van der Waals surface area contributed by atoms with Crippen molar-refractivity contribution in [3.8, 4) is 0 Å². The molecule has 0 saturated carbocycles. The summed E-state index contributed by atoms with van der Waals surface area (Å²) in [5.41, 5.74) is 1.01. The summed E-state index contributed by atoms with van der Waals surface area (Å²) in [6.45, 7) is 3.94. The summed E-state index contributed by atoms with van der Waals surface area (Å²) in [7, 11) is 0. The van der Waals surface area contributed by atoms with Crippen molar-refractivity contribution in [3.05, 3.63) is 60.2 Å². The van der Waals surface area contributed by atoms with Gasteiger partial charge in [0.2, 0.25) is 5.91 Å². The van der Waals surface area contributed by atoms with Gasteiger partial charge in [-0.3, -0.25) is 19.3 Å². The molecule has 0 radical (unpaired) electrons. The van der Waals surface area contributed by atoms with E-state index in [0.29, 0.717) is 23.1 Å². The molecule has 0 bridgehead atoms. The van der Waals surface area contributed by atoms with E-state index in [1.54, 1.807) is 30.3 Å². The predicted octanol–water partition coefficient (Wildman–Crippen LogP) is 2.13. The summed E-state index contributed by atoms with van der Waals surface area (Å²) in [5, 5.41) is 4.19. The summed E-state index contributed by atoms with van der Waals surface area (Å²) in [5.74, 6) is -0.922. The van der Waals surface area contributed by atoms with Gasteiger partial charge < -0.3 is 5.32 Å². The number of rotatable bonds is 5. The van der Waals surface area contributed by atoms with Crippen LogP contribution in [0.1, 0.15) is 27.1 Å². The van der Waals surface area contributed by atoms with Gasteiger partial charge in [0.15, 0.2) is 0 Å². The maximum Gasteiger partial charge on any atom is 0.261 e. The topological polar surface area (TPSA) is 66.5 Å². The fraction of sp³-hybridized carbons (Fsp3) is 0.167. The van der Waals surface area contributed by atoms with E-state index in [1.807, 2.05) is 12.1 Å². The highest BCUT2D eigenvalue weighted by atomic mass is 16.2. The largest absolute Gasteiger partial charge is 0.353 e. The van der Waals surface area contributed by atoms with Crippen molar-refractivity contribution in [1.29, 1.82) is 0 Å². The standard InChI is InChI=1S/C18H16N2O3/c1-2-10-19-15(21)9-11-20-17(22)13-7-3-5-12-6-4-8-14(16(12)13)18(20)23/h2-8H,1,9-11H2,(H,19,21). The Morgan fingerprint density at radius 3 is 2.26 bits per heavy atom. The molecule has 3 rings (SSSR count). The average Bonchev–Trinajstić information content (AvgIpc) is 2.57. The van der Waals surface area contributed by atoms with Crippen LogP contribution >= 0.6 is 0 Å². The first-order chi connectivity index (χ1) is 11.1. The number of hydrogen-bond acceptors (Lipinski definition) is 3. The van der Waals surface area contributed by atoms with E-state index in [9.17, 15) is 14.4 Å². The second-order valence-corrected chi connectivity index (χ2v) is 5.31. The fourth-order valence-corrected chi connectivity index (χ4v) is 2.77. The van der Waals surface area contributed by atoms with Crippen molar-refractivity contribution in [2.45, 2.75) is 6.42 Å². The number of carbonyl (C=O) groups is 3. The van der Waals surface area contributed by atoms with E-state index in [2.05, 4.69) is 11.9 Å². The third-order valence-electron chi connectivity index (χ3n) is 3.86. The normalized spacial score (nSPS) is 13.3. The van der Waals surface area contributed by atoms with Crippen LogP contribution in [0, 0.1) is 0 Å². The molecular weight excluding hydrogens is 292 g/mol. The molecule has 0 aromatic heterocycles. The molecule has 0 atom stereocenters. The zero-order valence-corrected chi connectivity index (χ0v) is 12.5. The highest BCUT2D eigenvalue weighted by molar-refractivity contribution is 6.25. The summed E-state index contributed by atoms with van der Waals surface area (Å²) < 4.78 is 0. The number of benzene rings is 2. The Morgan fingerprint density at radius 1 is 1.09 bits per heavy atom. The molecule has 2 aromatic rings.